The lowest BCUT2D eigenvalue weighted by Crippen LogP contribution is -2.35. The molecule has 21 heavy (non-hydrogen) atoms. The molecule has 0 aliphatic heterocycles. The Labute approximate surface area is 121 Å². The van der Waals surface area contributed by atoms with Crippen molar-refractivity contribution in [2.75, 3.05) is 26.9 Å². The summed E-state index contributed by atoms with van der Waals surface area (Å²) in [5.41, 5.74) is 5.81. The summed E-state index contributed by atoms with van der Waals surface area (Å²) in [4.78, 5) is 28.1. The molecule has 0 aliphatic carbocycles. The van der Waals surface area contributed by atoms with Gasteiger partial charge in [-0.25, -0.2) is 9.36 Å². The van der Waals surface area contributed by atoms with Crippen LogP contribution in [0.25, 0.3) is 5.69 Å². The van der Waals surface area contributed by atoms with E-state index in [2.05, 4.69) is 4.98 Å². The summed E-state index contributed by atoms with van der Waals surface area (Å²) >= 11 is 0. The van der Waals surface area contributed by atoms with Crippen LogP contribution in [0.5, 0.6) is 5.75 Å². The first-order chi connectivity index (χ1) is 9.95. The standard InChI is InChI=1S/C14H18N4O3/c1-17(2)8-9-12(15)18(14(20)16-13(9)19)10-6-4-5-7-11(10)21-3/h4-7H,8,15H2,1-3H3,(H,16,19,20). The van der Waals surface area contributed by atoms with Crippen LogP contribution in [-0.4, -0.2) is 35.7 Å². The van der Waals surface area contributed by atoms with E-state index >= 15 is 0 Å². The van der Waals surface area contributed by atoms with Crippen molar-refractivity contribution in [3.63, 3.8) is 0 Å². The summed E-state index contributed by atoms with van der Waals surface area (Å²) in [5, 5.41) is 0. The van der Waals surface area contributed by atoms with Gasteiger partial charge in [-0.3, -0.25) is 9.78 Å². The number of anilines is 1. The maximum Gasteiger partial charge on any atom is 0.334 e. The van der Waals surface area contributed by atoms with E-state index in [0.717, 1.165) is 0 Å². The fraction of sp³-hybridized carbons (Fsp3) is 0.286. The molecule has 2 rings (SSSR count). The topological polar surface area (TPSA) is 93.3 Å². The summed E-state index contributed by atoms with van der Waals surface area (Å²) in [7, 11) is 5.14. The number of benzene rings is 1. The van der Waals surface area contributed by atoms with Crippen molar-refractivity contribution in [3.05, 3.63) is 50.7 Å². The number of nitrogens with one attached hydrogen (secondary N) is 1. The van der Waals surface area contributed by atoms with E-state index in [0.29, 0.717) is 23.5 Å². The molecule has 0 radical (unpaired) electrons. The molecule has 7 heteroatoms. The zero-order chi connectivity index (χ0) is 15.6. The normalized spacial score (nSPS) is 10.9. The molecule has 0 spiro atoms. The quantitative estimate of drug-likeness (QED) is 0.837. The number of para-hydroxylation sites is 2. The Morgan fingerprint density at radius 2 is 1.95 bits per heavy atom. The fourth-order valence-electron chi connectivity index (χ4n) is 2.11. The molecule has 0 atom stereocenters. The van der Waals surface area contributed by atoms with Crippen LogP contribution in [0.3, 0.4) is 0 Å². The Balaban J connectivity index is 2.75. The van der Waals surface area contributed by atoms with Crippen LogP contribution in [0.15, 0.2) is 33.9 Å². The molecular weight excluding hydrogens is 272 g/mol. The molecule has 1 aromatic carbocycles. The van der Waals surface area contributed by atoms with Crippen LogP contribution in [0, 0.1) is 0 Å². The van der Waals surface area contributed by atoms with Gasteiger partial charge in [0.15, 0.2) is 0 Å². The van der Waals surface area contributed by atoms with Gasteiger partial charge in [-0.05, 0) is 26.2 Å². The third kappa shape index (κ3) is 2.82. The number of nitrogen functional groups attached to an aromatic ring is 1. The first kappa shape index (κ1) is 14.9. The lowest BCUT2D eigenvalue weighted by atomic mass is 10.2. The monoisotopic (exact) mass is 290 g/mol. The molecule has 7 nitrogen and oxygen atoms in total. The number of H-pyrrole nitrogens is 1. The van der Waals surface area contributed by atoms with E-state index in [1.165, 1.54) is 11.7 Å². The molecule has 0 saturated carbocycles. The number of rotatable bonds is 4. The fourth-order valence-corrected chi connectivity index (χ4v) is 2.11. The molecule has 3 N–H and O–H groups in total. The van der Waals surface area contributed by atoms with Crippen molar-refractivity contribution in [3.8, 4) is 11.4 Å². The van der Waals surface area contributed by atoms with Gasteiger partial charge >= 0.3 is 5.69 Å². The molecule has 0 fully saturated rings. The number of aromatic amines is 1. The number of nitrogens with zero attached hydrogens (tertiary/aromatic N) is 2. The number of methoxy groups -OCH3 is 1. The van der Waals surface area contributed by atoms with Crippen molar-refractivity contribution in [2.24, 2.45) is 0 Å². The maximum atomic E-state index is 12.1. The van der Waals surface area contributed by atoms with Gasteiger partial charge in [0.05, 0.1) is 18.4 Å². The predicted molar refractivity (Wildman–Crippen MR) is 81.0 cm³/mol. The number of hydrogen-bond acceptors (Lipinski definition) is 5. The maximum absolute atomic E-state index is 12.1. The van der Waals surface area contributed by atoms with Gasteiger partial charge in [0.2, 0.25) is 0 Å². The Bertz CT molecular complexity index is 762. The average Bonchev–Trinajstić information content (AvgIpc) is 2.43. The largest absolute Gasteiger partial charge is 0.495 e. The van der Waals surface area contributed by atoms with E-state index in [-0.39, 0.29) is 5.82 Å². The minimum atomic E-state index is -0.593. The zero-order valence-electron chi connectivity index (χ0n) is 12.2. The molecule has 1 heterocycles. The highest BCUT2D eigenvalue weighted by Crippen LogP contribution is 2.23. The molecule has 0 bridgehead atoms. The second kappa shape index (κ2) is 5.84. The van der Waals surface area contributed by atoms with Crippen molar-refractivity contribution in [1.29, 1.82) is 0 Å². The van der Waals surface area contributed by atoms with Gasteiger partial charge in [0, 0.05) is 6.54 Å². The second-order valence-electron chi connectivity index (χ2n) is 4.87. The molecule has 0 amide bonds. The average molecular weight is 290 g/mol. The third-order valence-corrected chi connectivity index (χ3v) is 3.05. The second-order valence-corrected chi connectivity index (χ2v) is 4.87. The molecule has 0 unspecified atom stereocenters. The van der Waals surface area contributed by atoms with Crippen LogP contribution in [0.1, 0.15) is 5.56 Å². The van der Waals surface area contributed by atoms with Gasteiger partial charge in [0.1, 0.15) is 11.6 Å². The summed E-state index contributed by atoms with van der Waals surface area (Å²) < 4.78 is 6.49. The zero-order valence-corrected chi connectivity index (χ0v) is 12.2. The van der Waals surface area contributed by atoms with Gasteiger partial charge in [-0.1, -0.05) is 12.1 Å². The van der Waals surface area contributed by atoms with E-state index < -0.39 is 11.2 Å². The van der Waals surface area contributed by atoms with E-state index in [4.69, 9.17) is 10.5 Å². The minimum Gasteiger partial charge on any atom is -0.495 e. The minimum absolute atomic E-state index is 0.113. The van der Waals surface area contributed by atoms with Crippen LogP contribution in [-0.2, 0) is 6.54 Å². The van der Waals surface area contributed by atoms with Crippen molar-refractivity contribution < 1.29 is 4.74 Å². The van der Waals surface area contributed by atoms with E-state index in [1.54, 1.807) is 29.2 Å². The van der Waals surface area contributed by atoms with Crippen LogP contribution in [0.2, 0.25) is 0 Å². The number of aromatic nitrogens is 2. The Hall–Kier alpha value is -2.54. The van der Waals surface area contributed by atoms with Crippen LogP contribution < -0.4 is 21.7 Å². The van der Waals surface area contributed by atoms with Gasteiger partial charge in [-0.15, -0.1) is 0 Å². The highest BCUT2D eigenvalue weighted by Gasteiger charge is 2.16. The lowest BCUT2D eigenvalue weighted by Gasteiger charge is -2.16. The number of hydrogen-bond donors (Lipinski definition) is 2. The van der Waals surface area contributed by atoms with Gasteiger partial charge in [0.25, 0.3) is 5.56 Å². The first-order valence-electron chi connectivity index (χ1n) is 6.37. The molecule has 112 valence electrons. The molecule has 0 saturated heterocycles. The Morgan fingerprint density at radius 3 is 2.57 bits per heavy atom. The Kier molecular flexibility index (Phi) is 4.13. The summed E-state index contributed by atoms with van der Waals surface area (Å²) in [6, 6.07) is 6.97. The van der Waals surface area contributed by atoms with Crippen molar-refractivity contribution in [2.45, 2.75) is 6.54 Å². The highest BCUT2D eigenvalue weighted by molar-refractivity contribution is 5.53. The smallest absolute Gasteiger partial charge is 0.334 e. The van der Waals surface area contributed by atoms with Crippen LogP contribution in [0.4, 0.5) is 5.82 Å². The van der Waals surface area contributed by atoms with Gasteiger partial charge in [-0.2, -0.15) is 0 Å². The Morgan fingerprint density at radius 1 is 1.29 bits per heavy atom. The third-order valence-electron chi connectivity index (χ3n) is 3.05. The van der Waals surface area contributed by atoms with E-state index in [9.17, 15) is 9.59 Å². The molecule has 2 aromatic rings. The lowest BCUT2D eigenvalue weighted by molar-refractivity contribution is 0.399. The van der Waals surface area contributed by atoms with Crippen LogP contribution >= 0.6 is 0 Å². The van der Waals surface area contributed by atoms with E-state index in [1.807, 2.05) is 14.1 Å². The number of nitrogens with two attached hydrogens (primary N) is 1. The van der Waals surface area contributed by atoms with Gasteiger partial charge < -0.3 is 15.4 Å². The molecule has 0 aliphatic rings. The summed E-state index contributed by atoms with van der Waals surface area (Å²) in [5.74, 6) is 0.608. The van der Waals surface area contributed by atoms with Crippen molar-refractivity contribution in [1.82, 2.24) is 14.5 Å². The van der Waals surface area contributed by atoms with Crippen molar-refractivity contribution >= 4 is 5.82 Å². The molecule has 1 aromatic heterocycles. The summed E-state index contributed by atoms with van der Waals surface area (Å²) in [6.45, 7) is 0.330. The predicted octanol–water partition coefficient (Wildman–Crippen LogP) is 0.178. The highest BCUT2D eigenvalue weighted by atomic mass is 16.5. The summed E-state index contributed by atoms with van der Waals surface area (Å²) in [6.07, 6.45) is 0. The first-order valence-corrected chi connectivity index (χ1v) is 6.37. The SMILES string of the molecule is COc1ccccc1-n1c(N)c(CN(C)C)c(=O)[nH]c1=O. The molecular formula is C14H18N4O3. The number of ether oxygens (including phenoxy) is 1.